The van der Waals surface area contributed by atoms with Crippen LogP contribution in [0.15, 0.2) is 0 Å². The van der Waals surface area contributed by atoms with E-state index in [1.807, 2.05) is 0 Å². The summed E-state index contributed by atoms with van der Waals surface area (Å²) in [5, 5.41) is 0. The van der Waals surface area contributed by atoms with Gasteiger partial charge in [0.05, 0.1) is 0 Å². The van der Waals surface area contributed by atoms with Crippen molar-refractivity contribution in [3.05, 3.63) is 6.92 Å². The normalized spacial score (nSPS) is 16.7. The van der Waals surface area contributed by atoms with Gasteiger partial charge in [-0.1, -0.05) is 22.6 Å². The summed E-state index contributed by atoms with van der Waals surface area (Å²) in [7, 11) is 0. The van der Waals surface area contributed by atoms with E-state index in [2.05, 4.69) is 6.92 Å². The molecule has 0 aliphatic rings. The Kier molecular flexibility index (Phi) is 2.35. The lowest BCUT2D eigenvalue weighted by atomic mass is 10.5. The Morgan fingerprint density at radius 3 is 1.57 bits per heavy atom. The van der Waals surface area contributed by atoms with Crippen LogP contribution in [0.25, 0.3) is 0 Å². The molecule has 1 unspecified atom stereocenters. The average molecular weight is 223 g/mol. The molecule has 0 saturated carbocycles. The van der Waals surface area contributed by atoms with Crippen LogP contribution in [0.3, 0.4) is 0 Å². The van der Waals surface area contributed by atoms with Crippen molar-refractivity contribution in [3.63, 3.8) is 0 Å². The first-order chi connectivity index (χ1) is 2.94. The molecule has 0 saturated heterocycles. The third kappa shape index (κ3) is 3.13. The van der Waals surface area contributed by atoms with Crippen molar-refractivity contribution >= 4 is 22.6 Å². The van der Waals surface area contributed by atoms with Crippen LogP contribution in [0.1, 0.15) is 0 Å². The molecule has 0 rings (SSSR count). The second-order valence-electron chi connectivity index (χ2n) is 1.01. The zero-order valence-corrected chi connectivity index (χ0v) is 5.45. The van der Waals surface area contributed by atoms with Gasteiger partial charge in [0.2, 0.25) is 0 Å². The van der Waals surface area contributed by atoms with Gasteiger partial charge in [0.25, 0.3) is 0 Å². The van der Waals surface area contributed by atoms with Gasteiger partial charge in [-0.2, -0.15) is 13.2 Å². The average Bonchev–Trinajstić information content (AvgIpc) is 1.31. The van der Waals surface area contributed by atoms with Gasteiger partial charge in [-0.25, -0.2) is 0 Å². The predicted octanol–water partition coefficient (Wildman–Crippen LogP) is 2.19. The highest BCUT2D eigenvalue weighted by molar-refractivity contribution is 14.1. The third-order valence-corrected chi connectivity index (χ3v) is 1.06. The standard InChI is InChI=1S/C3H3F3I/c1-2(7)3(4,5)6/h2H,1H2. The van der Waals surface area contributed by atoms with Gasteiger partial charge in [0.1, 0.15) is 3.92 Å². The Hall–Kier alpha value is 0.520. The Bertz CT molecular complexity index is 55.7. The fraction of sp³-hybridized carbons (Fsp3) is 0.667. The summed E-state index contributed by atoms with van der Waals surface area (Å²) >= 11 is 1.21. The van der Waals surface area contributed by atoms with Crippen molar-refractivity contribution in [2.75, 3.05) is 0 Å². The smallest absolute Gasteiger partial charge is 0.170 e. The van der Waals surface area contributed by atoms with Gasteiger partial charge >= 0.3 is 6.18 Å². The first-order valence-electron chi connectivity index (χ1n) is 1.48. The van der Waals surface area contributed by atoms with Crippen LogP contribution in [-0.2, 0) is 0 Å². The van der Waals surface area contributed by atoms with E-state index in [-0.39, 0.29) is 0 Å². The van der Waals surface area contributed by atoms with Crippen molar-refractivity contribution in [2.24, 2.45) is 0 Å². The molecule has 0 amide bonds. The maximum Gasteiger partial charge on any atom is 0.400 e. The van der Waals surface area contributed by atoms with E-state index in [4.69, 9.17) is 0 Å². The molecule has 0 fully saturated rings. The second-order valence-corrected chi connectivity index (χ2v) is 2.51. The highest BCUT2D eigenvalue weighted by Crippen LogP contribution is 2.25. The summed E-state index contributed by atoms with van der Waals surface area (Å²) in [6.07, 6.45) is -4.12. The molecular formula is C3H3F3I. The number of rotatable bonds is 0. The van der Waals surface area contributed by atoms with E-state index < -0.39 is 10.1 Å². The molecule has 4 heteroatoms. The molecule has 0 aliphatic heterocycles. The monoisotopic (exact) mass is 223 g/mol. The summed E-state index contributed by atoms with van der Waals surface area (Å²) in [6.45, 7) is 2.77. The van der Waals surface area contributed by atoms with Gasteiger partial charge < -0.3 is 0 Å². The molecular weight excluding hydrogens is 220 g/mol. The molecule has 0 nitrogen and oxygen atoms in total. The number of alkyl halides is 4. The lowest BCUT2D eigenvalue weighted by Gasteiger charge is -2.05. The van der Waals surface area contributed by atoms with Gasteiger partial charge in [-0.3, -0.25) is 0 Å². The lowest BCUT2D eigenvalue weighted by molar-refractivity contribution is -0.117. The van der Waals surface area contributed by atoms with Crippen molar-refractivity contribution < 1.29 is 13.2 Å². The van der Waals surface area contributed by atoms with E-state index in [0.29, 0.717) is 0 Å². The zero-order chi connectivity index (χ0) is 6.08. The van der Waals surface area contributed by atoms with Crippen LogP contribution < -0.4 is 0 Å². The Balaban J connectivity index is 3.54. The minimum atomic E-state index is -4.12. The molecule has 0 heterocycles. The fourth-order valence-electron chi connectivity index (χ4n) is 0. The molecule has 0 spiro atoms. The maximum absolute atomic E-state index is 11.1. The molecule has 0 aromatic rings. The Morgan fingerprint density at radius 1 is 1.43 bits per heavy atom. The van der Waals surface area contributed by atoms with Crippen LogP contribution in [0.2, 0.25) is 0 Å². The van der Waals surface area contributed by atoms with E-state index in [1.165, 1.54) is 22.6 Å². The Morgan fingerprint density at radius 2 is 1.57 bits per heavy atom. The van der Waals surface area contributed by atoms with Crippen LogP contribution in [-0.4, -0.2) is 10.1 Å². The third-order valence-electron chi connectivity index (χ3n) is 0.355. The van der Waals surface area contributed by atoms with Gasteiger partial charge in [0.15, 0.2) is 0 Å². The predicted molar refractivity (Wildman–Crippen MR) is 29.2 cm³/mol. The minimum Gasteiger partial charge on any atom is -0.170 e. The van der Waals surface area contributed by atoms with E-state index >= 15 is 0 Å². The van der Waals surface area contributed by atoms with E-state index in [9.17, 15) is 13.2 Å². The number of hydrogen-bond donors (Lipinski definition) is 0. The Labute approximate surface area is 53.2 Å². The molecule has 43 valence electrons. The molecule has 0 bridgehead atoms. The van der Waals surface area contributed by atoms with Crippen LogP contribution in [0.5, 0.6) is 0 Å². The zero-order valence-electron chi connectivity index (χ0n) is 3.30. The summed E-state index contributed by atoms with van der Waals surface area (Å²) in [5.41, 5.74) is 0. The summed E-state index contributed by atoms with van der Waals surface area (Å²) in [4.78, 5) is 0. The van der Waals surface area contributed by atoms with E-state index in [1.54, 1.807) is 0 Å². The number of halogens is 4. The molecule has 0 N–H and O–H groups in total. The van der Waals surface area contributed by atoms with E-state index in [0.717, 1.165) is 0 Å². The van der Waals surface area contributed by atoms with Crippen molar-refractivity contribution in [2.45, 2.75) is 10.1 Å². The fourth-order valence-corrected chi connectivity index (χ4v) is 0. The number of hydrogen-bond acceptors (Lipinski definition) is 0. The lowest BCUT2D eigenvalue weighted by Crippen LogP contribution is -2.18. The molecule has 0 aromatic carbocycles. The molecule has 1 atom stereocenters. The molecule has 0 aliphatic carbocycles. The van der Waals surface area contributed by atoms with Gasteiger partial charge in [-0.15, -0.1) is 0 Å². The quantitative estimate of drug-likeness (QED) is 0.436. The maximum atomic E-state index is 11.1. The van der Waals surface area contributed by atoms with Crippen molar-refractivity contribution in [3.8, 4) is 0 Å². The first kappa shape index (κ1) is 7.52. The molecule has 0 aromatic heterocycles. The highest BCUT2D eigenvalue weighted by atomic mass is 127. The largest absolute Gasteiger partial charge is 0.400 e. The van der Waals surface area contributed by atoms with Crippen LogP contribution in [0.4, 0.5) is 13.2 Å². The minimum absolute atomic E-state index is 1.21. The summed E-state index contributed by atoms with van der Waals surface area (Å²) < 4.78 is 31.8. The van der Waals surface area contributed by atoms with Gasteiger partial charge in [0, 0.05) is 0 Å². The first-order valence-corrected chi connectivity index (χ1v) is 2.73. The summed E-state index contributed by atoms with van der Waals surface area (Å²) in [5.74, 6) is 0. The summed E-state index contributed by atoms with van der Waals surface area (Å²) in [6, 6.07) is 0. The SMILES string of the molecule is [CH2]C(I)C(F)(F)F. The molecule has 1 radical (unpaired) electrons. The molecule has 7 heavy (non-hydrogen) atoms. The van der Waals surface area contributed by atoms with Crippen LogP contribution >= 0.6 is 22.6 Å². The van der Waals surface area contributed by atoms with Crippen LogP contribution in [0, 0.1) is 6.92 Å². The van der Waals surface area contributed by atoms with Gasteiger partial charge in [-0.05, 0) is 6.92 Å². The topological polar surface area (TPSA) is 0 Å². The second kappa shape index (κ2) is 2.19. The van der Waals surface area contributed by atoms with Crippen molar-refractivity contribution in [1.82, 2.24) is 0 Å². The van der Waals surface area contributed by atoms with Crippen molar-refractivity contribution in [1.29, 1.82) is 0 Å². The highest BCUT2D eigenvalue weighted by Gasteiger charge is 2.33.